The minimum absolute atomic E-state index is 0.0866. The van der Waals surface area contributed by atoms with Crippen molar-refractivity contribution in [3.05, 3.63) is 35.9 Å². The van der Waals surface area contributed by atoms with Crippen molar-refractivity contribution in [2.45, 2.75) is 44.6 Å². The standard InChI is InChI=1S/C16H21N5O4S/c1-3-13(17-16(23)25-11-12-8-6-5-7-9-12)14(22)10-21-19-15(18-20-21)26(24)4-2/h5-9,13H,3-4,10-11H2,1-2H3,(H,17,23). The van der Waals surface area contributed by atoms with Gasteiger partial charge in [-0.2, -0.15) is 4.80 Å². The smallest absolute Gasteiger partial charge is 0.408 e. The predicted molar refractivity (Wildman–Crippen MR) is 93.6 cm³/mol. The molecule has 26 heavy (non-hydrogen) atoms. The van der Waals surface area contributed by atoms with Crippen molar-refractivity contribution >= 4 is 22.7 Å². The Morgan fingerprint density at radius 2 is 2.00 bits per heavy atom. The fourth-order valence-electron chi connectivity index (χ4n) is 2.08. The van der Waals surface area contributed by atoms with E-state index in [2.05, 4.69) is 20.7 Å². The molecular weight excluding hydrogens is 358 g/mol. The van der Waals surface area contributed by atoms with E-state index in [0.717, 1.165) is 10.4 Å². The highest BCUT2D eigenvalue weighted by atomic mass is 32.2. The third kappa shape index (κ3) is 5.73. The molecule has 0 aliphatic carbocycles. The second-order valence-electron chi connectivity index (χ2n) is 5.37. The second kappa shape index (κ2) is 9.76. The number of amides is 1. The number of benzene rings is 1. The number of nitrogens with zero attached hydrogens (tertiary/aromatic N) is 4. The van der Waals surface area contributed by atoms with Gasteiger partial charge in [0.05, 0.1) is 16.8 Å². The van der Waals surface area contributed by atoms with Crippen LogP contribution in [0.25, 0.3) is 0 Å². The number of hydrogen-bond donors (Lipinski definition) is 1. The van der Waals surface area contributed by atoms with Crippen LogP contribution in [-0.2, 0) is 33.5 Å². The summed E-state index contributed by atoms with van der Waals surface area (Å²) in [6, 6.07) is 8.51. The molecule has 0 aliphatic rings. The average molecular weight is 379 g/mol. The van der Waals surface area contributed by atoms with Crippen LogP contribution >= 0.6 is 0 Å². The summed E-state index contributed by atoms with van der Waals surface area (Å²) in [5.74, 6) is 0.0712. The average Bonchev–Trinajstić information content (AvgIpc) is 3.13. The molecule has 0 bridgehead atoms. The van der Waals surface area contributed by atoms with E-state index in [4.69, 9.17) is 4.74 Å². The topological polar surface area (TPSA) is 116 Å². The molecule has 2 aromatic rings. The van der Waals surface area contributed by atoms with E-state index in [1.807, 2.05) is 30.3 Å². The van der Waals surface area contributed by atoms with E-state index in [0.29, 0.717) is 12.2 Å². The number of carbonyl (C=O) groups excluding carboxylic acids is 2. The van der Waals surface area contributed by atoms with Gasteiger partial charge in [0.2, 0.25) is 0 Å². The first kappa shape index (κ1) is 19.7. The fourth-order valence-corrected chi connectivity index (χ4v) is 2.65. The molecule has 1 N–H and O–H groups in total. The third-order valence-corrected chi connectivity index (χ3v) is 4.59. The molecule has 0 aliphatic heterocycles. The van der Waals surface area contributed by atoms with E-state index in [9.17, 15) is 13.8 Å². The van der Waals surface area contributed by atoms with Gasteiger partial charge in [0.25, 0.3) is 5.16 Å². The van der Waals surface area contributed by atoms with Gasteiger partial charge in [-0.1, -0.05) is 49.3 Å². The summed E-state index contributed by atoms with van der Waals surface area (Å²) in [6.45, 7) is 3.45. The summed E-state index contributed by atoms with van der Waals surface area (Å²) < 4.78 is 16.7. The normalized spacial score (nSPS) is 13.0. The van der Waals surface area contributed by atoms with Crippen molar-refractivity contribution in [1.29, 1.82) is 0 Å². The van der Waals surface area contributed by atoms with E-state index < -0.39 is 22.9 Å². The number of nitrogens with one attached hydrogen (secondary N) is 1. The van der Waals surface area contributed by atoms with Crippen LogP contribution in [0.2, 0.25) is 0 Å². The van der Waals surface area contributed by atoms with Crippen molar-refractivity contribution in [1.82, 2.24) is 25.5 Å². The van der Waals surface area contributed by atoms with Crippen molar-refractivity contribution < 1.29 is 18.5 Å². The summed E-state index contributed by atoms with van der Waals surface area (Å²) in [4.78, 5) is 25.3. The number of hydrogen-bond acceptors (Lipinski definition) is 7. The molecule has 140 valence electrons. The molecule has 0 spiro atoms. The highest BCUT2D eigenvalue weighted by molar-refractivity contribution is 7.84. The summed E-state index contributed by atoms with van der Waals surface area (Å²) in [6.07, 6.45) is -0.282. The lowest BCUT2D eigenvalue weighted by molar-refractivity contribution is -0.122. The molecular formula is C16H21N5O4S. The Morgan fingerprint density at radius 3 is 2.65 bits per heavy atom. The number of aromatic nitrogens is 4. The monoisotopic (exact) mass is 379 g/mol. The number of ether oxygens (including phenoxy) is 1. The van der Waals surface area contributed by atoms with E-state index in [1.165, 1.54) is 0 Å². The lowest BCUT2D eigenvalue weighted by Crippen LogP contribution is -2.42. The van der Waals surface area contributed by atoms with Crippen LogP contribution in [0.1, 0.15) is 25.8 Å². The van der Waals surface area contributed by atoms with Crippen LogP contribution in [0.15, 0.2) is 35.5 Å². The molecule has 0 fully saturated rings. The van der Waals surface area contributed by atoms with Gasteiger partial charge in [0, 0.05) is 5.75 Å². The number of rotatable bonds is 9. The van der Waals surface area contributed by atoms with Crippen LogP contribution in [0.5, 0.6) is 0 Å². The number of ketones is 1. The lowest BCUT2D eigenvalue weighted by atomic mass is 10.1. The summed E-state index contributed by atoms with van der Waals surface area (Å²) in [5, 5.41) is 13.9. The molecule has 1 aromatic carbocycles. The molecule has 10 heteroatoms. The molecule has 2 rings (SSSR count). The number of carbonyl (C=O) groups is 2. The maximum absolute atomic E-state index is 12.3. The Labute approximate surface area is 153 Å². The van der Waals surface area contributed by atoms with Crippen LogP contribution in [0.3, 0.4) is 0 Å². The lowest BCUT2D eigenvalue weighted by Gasteiger charge is -2.15. The highest BCUT2D eigenvalue weighted by Crippen LogP contribution is 2.03. The molecule has 1 heterocycles. The fraction of sp³-hybridized carbons (Fsp3) is 0.438. The Kier molecular flexibility index (Phi) is 7.39. The van der Waals surface area contributed by atoms with Gasteiger partial charge in [-0.05, 0) is 17.2 Å². The number of Topliss-reactive ketones (excluding diaryl/α,β-unsaturated/α-hetero) is 1. The Balaban J connectivity index is 1.86. The molecule has 0 saturated heterocycles. The minimum Gasteiger partial charge on any atom is -0.445 e. The van der Waals surface area contributed by atoms with Gasteiger partial charge in [0.15, 0.2) is 5.78 Å². The molecule has 9 nitrogen and oxygen atoms in total. The maximum Gasteiger partial charge on any atom is 0.408 e. The van der Waals surface area contributed by atoms with Crippen molar-refractivity contribution in [3.8, 4) is 0 Å². The van der Waals surface area contributed by atoms with Gasteiger partial charge in [0.1, 0.15) is 13.2 Å². The minimum atomic E-state index is -1.33. The number of tetrazole rings is 1. The van der Waals surface area contributed by atoms with Gasteiger partial charge in [-0.3, -0.25) is 9.00 Å². The van der Waals surface area contributed by atoms with E-state index in [-0.39, 0.29) is 24.1 Å². The van der Waals surface area contributed by atoms with Crippen LogP contribution < -0.4 is 5.32 Å². The molecule has 0 radical (unpaired) electrons. The first-order valence-electron chi connectivity index (χ1n) is 8.19. The largest absolute Gasteiger partial charge is 0.445 e. The van der Waals surface area contributed by atoms with Crippen molar-refractivity contribution in [2.24, 2.45) is 0 Å². The molecule has 1 aromatic heterocycles. The first-order chi connectivity index (χ1) is 12.5. The molecule has 1 amide bonds. The van der Waals surface area contributed by atoms with Crippen molar-refractivity contribution in [3.63, 3.8) is 0 Å². The Bertz CT molecular complexity index is 765. The SMILES string of the molecule is CCC(NC(=O)OCc1ccccc1)C(=O)Cn1nnc(S(=O)CC)n1. The predicted octanol–water partition coefficient (Wildman–Crippen LogP) is 1.07. The first-order valence-corrected chi connectivity index (χ1v) is 9.51. The highest BCUT2D eigenvalue weighted by Gasteiger charge is 2.21. The zero-order chi connectivity index (χ0) is 18.9. The molecule has 2 unspecified atom stereocenters. The van der Waals surface area contributed by atoms with E-state index >= 15 is 0 Å². The van der Waals surface area contributed by atoms with E-state index in [1.54, 1.807) is 13.8 Å². The summed E-state index contributed by atoms with van der Waals surface area (Å²) in [7, 11) is -1.33. The van der Waals surface area contributed by atoms with Crippen molar-refractivity contribution in [2.75, 3.05) is 5.75 Å². The molecule has 2 atom stereocenters. The maximum atomic E-state index is 12.3. The summed E-state index contributed by atoms with van der Waals surface area (Å²) in [5.41, 5.74) is 0.852. The van der Waals surface area contributed by atoms with Crippen LogP contribution in [0.4, 0.5) is 4.79 Å². The van der Waals surface area contributed by atoms with Gasteiger partial charge in [-0.25, -0.2) is 4.79 Å². The van der Waals surface area contributed by atoms with Gasteiger partial charge < -0.3 is 10.1 Å². The number of alkyl carbamates (subject to hydrolysis) is 1. The Hall–Kier alpha value is -2.62. The zero-order valence-corrected chi connectivity index (χ0v) is 15.4. The molecule has 0 saturated carbocycles. The van der Waals surface area contributed by atoms with Gasteiger partial charge >= 0.3 is 6.09 Å². The summed E-state index contributed by atoms with van der Waals surface area (Å²) >= 11 is 0. The van der Waals surface area contributed by atoms with Gasteiger partial charge in [-0.15, -0.1) is 5.10 Å². The quantitative estimate of drug-likeness (QED) is 0.693. The second-order valence-corrected chi connectivity index (χ2v) is 7.00. The zero-order valence-electron chi connectivity index (χ0n) is 14.6. The van der Waals surface area contributed by atoms with Crippen LogP contribution in [0, 0.1) is 0 Å². The third-order valence-electron chi connectivity index (χ3n) is 3.50. The Morgan fingerprint density at radius 1 is 1.27 bits per heavy atom. The van der Waals surface area contributed by atoms with Crippen LogP contribution in [-0.4, -0.2) is 48.1 Å².